The first kappa shape index (κ1) is 15.1. The number of alkyl halides is 6. The van der Waals surface area contributed by atoms with E-state index in [-0.39, 0.29) is 6.92 Å². The molecule has 0 radical (unpaired) electrons. The van der Waals surface area contributed by atoms with E-state index in [2.05, 4.69) is 0 Å². The molecule has 0 aromatic carbocycles. The number of carbonyl (C=O) groups is 2. The van der Waals surface area contributed by atoms with Crippen molar-refractivity contribution < 1.29 is 31.5 Å². The second-order valence-electron chi connectivity index (χ2n) is 2.97. The lowest BCUT2D eigenvalue weighted by Crippen LogP contribution is -2.63. The molecule has 0 rings (SSSR count). The van der Waals surface area contributed by atoms with E-state index in [0.717, 1.165) is 5.32 Å². The van der Waals surface area contributed by atoms with Crippen LogP contribution < -0.4 is 5.32 Å². The number of carbonyl (C=O) groups excluding carboxylic acids is 2. The average Bonchev–Trinajstić information content (AvgIpc) is 2.14. The van der Waals surface area contributed by atoms with Crippen molar-refractivity contribution in [2.45, 2.75) is 25.1 Å². The third-order valence-corrected chi connectivity index (χ3v) is 2.06. The standard InChI is InChI=1S/C7H7ClF5NO2/c1-6(3(15)2-8,7(11,12)13)14-5(16)4(9)10/h4H,2H2,1H3,(H,14,16). The summed E-state index contributed by atoms with van der Waals surface area (Å²) in [4.78, 5) is 21.4. The zero-order valence-electron chi connectivity index (χ0n) is 7.87. The highest BCUT2D eigenvalue weighted by molar-refractivity contribution is 6.29. The Hall–Kier alpha value is -0.920. The molecule has 0 aliphatic rings. The molecule has 0 aliphatic carbocycles. The second kappa shape index (κ2) is 4.94. The maximum absolute atomic E-state index is 12.4. The van der Waals surface area contributed by atoms with Crippen LogP contribution in [0.1, 0.15) is 6.92 Å². The van der Waals surface area contributed by atoms with E-state index in [0.29, 0.717) is 0 Å². The molecule has 0 bridgehead atoms. The zero-order valence-corrected chi connectivity index (χ0v) is 8.62. The highest BCUT2D eigenvalue weighted by Gasteiger charge is 2.57. The molecular weight excluding hydrogens is 261 g/mol. The molecule has 3 nitrogen and oxygen atoms in total. The van der Waals surface area contributed by atoms with Gasteiger partial charge in [-0.3, -0.25) is 9.59 Å². The minimum atomic E-state index is -5.20. The van der Waals surface area contributed by atoms with Gasteiger partial charge in [0, 0.05) is 0 Å². The summed E-state index contributed by atoms with van der Waals surface area (Å²) in [6.07, 6.45) is -8.85. The predicted molar refractivity (Wildman–Crippen MR) is 44.3 cm³/mol. The molecule has 1 amide bonds. The van der Waals surface area contributed by atoms with Gasteiger partial charge in [-0.2, -0.15) is 22.0 Å². The fourth-order valence-corrected chi connectivity index (χ4v) is 1.00. The summed E-state index contributed by atoms with van der Waals surface area (Å²) in [6.45, 7) is 0.276. The maximum atomic E-state index is 12.4. The third-order valence-electron chi connectivity index (χ3n) is 1.82. The fraction of sp³-hybridized carbons (Fsp3) is 0.714. The van der Waals surface area contributed by atoms with E-state index in [1.165, 1.54) is 0 Å². The van der Waals surface area contributed by atoms with Crippen molar-refractivity contribution in [3.8, 4) is 0 Å². The number of Topliss-reactive ketones (excluding diaryl/α,β-unsaturated/α-hetero) is 1. The van der Waals surface area contributed by atoms with Gasteiger partial charge in [-0.15, -0.1) is 11.6 Å². The summed E-state index contributed by atoms with van der Waals surface area (Å²) in [5.41, 5.74) is -3.40. The summed E-state index contributed by atoms with van der Waals surface area (Å²) in [5.74, 6) is -4.85. The number of ketones is 1. The molecule has 1 atom stereocenters. The molecular formula is C7H7ClF5NO2. The fourth-order valence-electron chi connectivity index (χ4n) is 0.733. The van der Waals surface area contributed by atoms with Gasteiger partial charge in [-0.25, -0.2) is 0 Å². The Labute approximate surface area is 91.9 Å². The molecule has 16 heavy (non-hydrogen) atoms. The maximum Gasteiger partial charge on any atom is 0.418 e. The van der Waals surface area contributed by atoms with Crippen molar-refractivity contribution >= 4 is 23.3 Å². The Kier molecular flexibility index (Phi) is 4.66. The lowest BCUT2D eigenvalue weighted by atomic mass is 9.96. The van der Waals surface area contributed by atoms with Crippen LogP contribution in [-0.2, 0) is 9.59 Å². The monoisotopic (exact) mass is 267 g/mol. The first-order valence-corrected chi connectivity index (χ1v) is 4.36. The average molecular weight is 268 g/mol. The SMILES string of the molecule is CC(NC(=O)C(F)F)(C(=O)CCl)C(F)(F)F. The molecule has 0 saturated carbocycles. The van der Waals surface area contributed by atoms with Crippen LogP contribution in [0, 0.1) is 0 Å². The second-order valence-corrected chi connectivity index (χ2v) is 3.24. The number of amides is 1. The predicted octanol–water partition coefficient (Wildman–Crippen LogP) is 1.50. The Morgan fingerprint density at radius 1 is 1.31 bits per heavy atom. The van der Waals surface area contributed by atoms with Gasteiger partial charge in [0.2, 0.25) is 0 Å². The van der Waals surface area contributed by atoms with Crippen LogP contribution in [0.3, 0.4) is 0 Å². The normalized spacial score (nSPS) is 15.8. The topological polar surface area (TPSA) is 46.2 Å². The molecule has 0 spiro atoms. The molecule has 0 aromatic rings. The van der Waals surface area contributed by atoms with Gasteiger partial charge in [0.25, 0.3) is 5.91 Å². The molecule has 0 saturated heterocycles. The van der Waals surface area contributed by atoms with Crippen LogP contribution in [-0.4, -0.2) is 35.7 Å². The van der Waals surface area contributed by atoms with Crippen molar-refractivity contribution in [3.63, 3.8) is 0 Å². The van der Waals surface area contributed by atoms with Gasteiger partial charge in [-0.1, -0.05) is 0 Å². The Morgan fingerprint density at radius 2 is 1.75 bits per heavy atom. The van der Waals surface area contributed by atoms with Gasteiger partial charge < -0.3 is 5.32 Å². The Morgan fingerprint density at radius 3 is 2.00 bits per heavy atom. The van der Waals surface area contributed by atoms with Crippen molar-refractivity contribution in [1.29, 1.82) is 0 Å². The lowest BCUT2D eigenvalue weighted by molar-refractivity contribution is -0.196. The summed E-state index contributed by atoms with van der Waals surface area (Å²) < 4.78 is 60.9. The van der Waals surface area contributed by atoms with Gasteiger partial charge in [0.1, 0.15) is 0 Å². The molecule has 0 aliphatic heterocycles. The first-order chi connectivity index (χ1) is 7.06. The van der Waals surface area contributed by atoms with E-state index < -0.39 is 35.7 Å². The van der Waals surface area contributed by atoms with Crippen molar-refractivity contribution in [2.24, 2.45) is 0 Å². The van der Waals surface area contributed by atoms with E-state index >= 15 is 0 Å². The summed E-state index contributed by atoms with van der Waals surface area (Å²) in [6, 6.07) is 0. The van der Waals surface area contributed by atoms with Gasteiger partial charge in [0.15, 0.2) is 11.3 Å². The van der Waals surface area contributed by atoms with Gasteiger partial charge in [-0.05, 0) is 6.92 Å². The van der Waals surface area contributed by atoms with Crippen molar-refractivity contribution in [3.05, 3.63) is 0 Å². The van der Waals surface area contributed by atoms with Gasteiger partial charge >= 0.3 is 12.6 Å². The van der Waals surface area contributed by atoms with Crippen molar-refractivity contribution in [1.82, 2.24) is 5.32 Å². The number of hydrogen-bond acceptors (Lipinski definition) is 2. The molecule has 1 unspecified atom stereocenters. The molecule has 94 valence electrons. The van der Waals surface area contributed by atoms with Crippen LogP contribution in [0.5, 0.6) is 0 Å². The molecule has 0 aromatic heterocycles. The first-order valence-electron chi connectivity index (χ1n) is 3.82. The van der Waals surface area contributed by atoms with E-state index in [4.69, 9.17) is 11.6 Å². The molecule has 0 heterocycles. The number of nitrogens with one attached hydrogen (secondary N) is 1. The smallest absolute Gasteiger partial charge is 0.331 e. The number of hydrogen-bond donors (Lipinski definition) is 1. The zero-order chi connectivity index (χ0) is 13.1. The minimum Gasteiger partial charge on any atom is -0.331 e. The molecule has 0 fully saturated rings. The Bertz CT molecular complexity index is 293. The summed E-state index contributed by atoms with van der Waals surface area (Å²) >= 11 is 4.92. The highest BCUT2D eigenvalue weighted by atomic mass is 35.5. The number of rotatable bonds is 4. The van der Waals surface area contributed by atoms with Gasteiger partial charge in [0.05, 0.1) is 5.88 Å². The van der Waals surface area contributed by atoms with Crippen molar-refractivity contribution in [2.75, 3.05) is 5.88 Å². The minimum absolute atomic E-state index is 0.276. The summed E-state index contributed by atoms with van der Waals surface area (Å²) in [7, 11) is 0. The number of halogens is 6. The van der Waals surface area contributed by atoms with E-state index in [9.17, 15) is 31.5 Å². The molecule has 9 heteroatoms. The molecule has 1 N–H and O–H groups in total. The lowest BCUT2D eigenvalue weighted by Gasteiger charge is -2.30. The van der Waals surface area contributed by atoms with Crippen LogP contribution in [0.25, 0.3) is 0 Å². The quantitative estimate of drug-likeness (QED) is 0.620. The van der Waals surface area contributed by atoms with Crippen LogP contribution in [0.15, 0.2) is 0 Å². The van der Waals surface area contributed by atoms with Crippen LogP contribution in [0.4, 0.5) is 22.0 Å². The highest BCUT2D eigenvalue weighted by Crippen LogP contribution is 2.31. The Balaban J connectivity index is 5.12. The van der Waals surface area contributed by atoms with E-state index in [1.54, 1.807) is 0 Å². The van der Waals surface area contributed by atoms with E-state index in [1.807, 2.05) is 0 Å². The van der Waals surface area contributed by atoms with Crippen LogP contribution >= 0.6 is 11.6 Å². The third kappa shape index (κ3) is 3.03. The van der Waals surface area contributed by atoms with Crippen LogP contribution in [0.2, 0.25) is 0 Å². The largest absolute Gasteiger partial charge is 0.418 e. The summed E-state index contributed by atoms with van der Waals surface area (Å²) in [5, 5.41) is 0.936.